The van der Waals surface area contributed by atoms with Gasteiger partial charge in [-0.1, -0.05) is 24.1 Å². The largest absolute Gasteiger partial charge is 0.469 e. The molecule has 1 aromatic carbocycles. The van der Waals surface area contributed by atoms with E-state index in [2.05, 4.69) is 10.7 Å². The van der Waals surface area contributed by atoms with Crippen LogP contribution in [0.4, 0.5) is 0 Å². The van der Waals surface area contributed by atoms with E-state index >= 15 is 0 Å². The molecule has 0 heterocycles. The van der Waals surface area contributed by atoms with Gasteiger partial charge in [-0.15, -0.1) is 6.42 Å². The van der Waals surface area contributed by atoms with E-state index in [9.17, 15) is 4.79 Å². The Bertz CT molecular complexity index is 393. The van der Waals surface area contributed by atoms with Crippen molar-refractivity contribution in [3.05, 3.63) is 35.4 Å². The summed E-state index contributed by atoms with van der Waals surface area (Å²) in [6.45, 7) is 0.186. The van der Waals surface area contributed by atoms with Crippen LogP contribution in [0.2, 0.25) is 0 Å². The number of terminal acetylenes is 1. The molecule has 1 aromatic rings. The summed E-state index contributed by atoms with van der Waals surface area (Å²) < 4.78 is 4.67. The Morgan fingerprint density at radius 3 is 2.80 bits per heavy atom. The Morgan fingerprint density at radius 2 is 2.27 bits per heavy atom. The maximum Gasteiger partial charge on any atom is 0.314 e. The molecule has 3 heteroatoms. The zero-order valence-electron chi connectivity index (χ0n) is 8.57. The number of ether oxygens (including phenoxy) is 1. The maximum atomic E-state index is 11.4. The summed E-state index contributed by atoms with van der Waals surface area (Å²) >= 11 is 0. The molecule has 0 aliphatic rings. The second-order valence-electron chi connectivity index (χ2n) is 3.04. The van der Waals surface area contributed by atoms with Gasteiger partial charge in [0.15, 0.2) is 0 Å². The molecule has 3 nitrogen and oxygen atoms in total. The molecule has 0 aliphatic heterocycles. The summed E-state index contributed by atoms with van der Waals surface area (Å²) in [7, 11) is 1.34. The van der Waals surface area contributed by atoms with Crippen LogP contribution in [0.25, 0.3) is 0 Å². The lowest BCUT2D eigenvalue weighted by Crippen LogP contribution is -2.23. The first-order chi connectivity index (χ1) is 7.24. The van der Waals surface area contributed by atoms with Crippen LogP contribution in [-0.4, -0.2) is 19.6 Å². The van der Waals surface area contributed by atoms with Crippen LogP contribution in [0.3, 0.4) is 0 Å². The lowest BCUT2D eigenvalue weighted by atomic mass is 9.94. The van der Waals surface area contributed by atoms with Crippen molar-refractivity contribution in [1.29, 1.82) is 0 Å². The number of hydrogen-bond acceptors (Lipinski definition) is 3. The van der Waals surface area contributed by atoms with E-state index in [0.717, 1.165) is 5.56 Å². The van der Waals surface area contributed by atoms with Gasteiger partial charge in [0.1, 0.15) is 0 Å². The molecule has 0 radical (unpaired) electrons. The molecular formula is C12H13NO2. The number of carbonyl (C=O) groups is 1. The first-order valence-corrected chi connectivity index (χ1v) is 4.58. The van der Waals surface area contributed by atoms with Crippen molar-refractivity contribution in [3.63, 3.8) is 0 Å². The Hall–Kier alpha value is -1.79. The highest BCUT2D eigenvalue weighted by molar-refractivity contribution is 5.79. The predicted octanol–water partition coefficient (Wildman–Crippen LogP) is 0.883. The molecule has 1 unspecified atom stereocenters. The quantitative estimate of drug-likeness (QED) is 0.586. The molecule has 0 spiro atoms. The minimum Gasteiger partial charge on any atom is -0.469 e. The van der Waals surface area contributed by atoms with Gasteiger partial charge >= 0.3 is 5.97 Å². The SMILES string of the molecule is C#Cc1ccccc1C(CN)C(=O)OC. The van der Waals surface area contributed by atoms with Crippen molar-refractivity contribution < 1.29 is 9.53 Å². The number of hydrogen-bond donors (Lipinski definition) is 1. The van der Waals surface area contributed by atoms with Gasteiger partial charge in [-0.05, 0) is 11.6 Å². The molecule has 0 aromatic heterocycles. The van der Waals surface area contributed by atoms with Crippen molar-refractivity contribution in [2.24, 2.45) is 5.73 Å². The van der Waals surface area contributed by atoms with E-state index in [1.165, 1.54) is 7.11 Å². The molecule has 15 heavy (non-hydrogen) atoms. The van der Waals surface area contributed by atoms with Crippen LogP contribution in [0.1, 0.15) is 17.0 Å². The van der Waals surface area contributed by atoms with Gasteiger partial charge in [-0.2, -0.15) is 0 Å². The predicted molar refractivity (Wildman–Crippen MR) is 58.2 cm³/mol. The Morgan fingerprint density at radius 1 is 1.60 bits per heavy atom. The van der Waals surface area contributed by atoms with E-state index in [4.69, 9.17) is 12.2 Å². The minimum absolute atomic E-state index is 0.186. The Kier molecular flexibility index (Phi) is 3.90. The highest BCUT2D eigenvalue weighted by Gasteiger charge is 2.21. The van der Waals surface area contributed by atoms with Crippen LogP contribution >= 0.6 is 0 Å². The molecule has 0 amide bonds. The normalized spacial score (nSPS) is 11.5. The van der Waals surface area contributed by atoms with Crippen LogP contribution in [-0.2, 0) is 9.53 Å². The zero-order chi connectivity index (χ0) is 11.3. The second-order valence-corrected chi connectivity index (χ2v) is 3.04. The molecule has 1 atom stereocenters. The summed E-state index contributed by atoms with van der Waals surface area (Å²) in [6.07, 6.45) is 5.34. The van der Waals surface area contributed by atoms with E-state index in [1.54, 1.807) is 12.1 Å². The zero-order valence-corrected chi connectivity index (χ0v) is 8.57. The van der Waals surface area contributed by atoms with Gasteiger partial charge in [-0.3, -0.25) is 4.79 Å². The smallest absolute Gasteiger partial charge is 0.314 e. The summed E-state index contributed by atoms with van der Waals surface area (Å²) in [6, 6.07) is 7.22. The lowest BCUT2D eigenvalue weighted by Gasteiger charge is -2.14. The monoisotopic (exact) mass is 203 g/mol. The fraction of sp³-hybridized carbons (Fsp3) is 0.250. The van der Waals surface area contributed by atoms with E-state index in [-0.39, 0.29) is 12.5 Å². The molecule has 0 fully saturated rings. The van der Waals surface area contributed by atoms with E-state index in [0.29, 0.717) is 5.56 Å². The molecule has 0 saturated carbocycles. The molecule has 1 rings (SSSR count). The van der Waals surface area contributed by atoms with Crippen LogP contribution in [0.5, 0.6) is 0 Å². The Balaban J connectivity index is 3.13. The summed E-state index contributed by atoms with van der Waals surface area (Å²) in [5, 5.41) is 0. The minimum atomic E-state index is -0.484. The van der Waals surface area contributed by atoms with Crippen LogP contribution in [0, 0.1) is 12.3 Å². The number of esters is 1. The molecule has 0 bridgehead atoms. The number of carbonyl (C=O) groups excluding carboxylic acids is 1. The third-order valence-electron chi connectivity index (χ3n) is 2.21. The first-order valence-electron chi connectivity index (χ1n) is 4.58. The molecule has 2 N–H and O–H groups in total. The van der Waals surface area contributed by atoms with Crippen molar-refractivity contribution in [2.45, 2.75) is 5.92 Å². The third-order valence-corrected chi connectivity index (χ3v) is 2.21. The van der Waals surface area contributed by atoms with Gasteiger partial charge in [0.05, 0.1) is 13.0 Å². The average Bonchev–Trinajstić information content (AvgIpc) is 2.30. The van der Waals surface area contributed by atoms with Gasteiger partial charge in [-0.25, -0.2) is 0 Å². The standard InChI is InChI=1S/C12H13NO2/c1-3-9-6-4-5-7-10(9)11(8-13)12(14)15-2/h1,4-7,11H,8,13H2,2H3. The van der Waals surface area contributed by atoms with Crippen molar-refractivity contribution in [2.75, 3.05) is 13.7 Å². The second kappa shape index (κ2) is 5.18. The fourth-order valence-electron chi connectivity index (χ4n) is 1.42. The summed E-state index contributed by atoms with van der Waals surface area (Å²) in [5.74, 6) is 1.68. The number of rotatable bonds is 3. The van der Waals surface area contributed by atoms with Crippen LogP contribution < -0.4 is 5.73 Å². The Labute approximate surface area is 89.2 Å². The topological polar surface area (TPSA) is 52.3 Å². The highest BCUT2D eigenvalue weighted by Crippen LogP contribution is 2.19. The van der Waals surface area contributed by atoms with Crippen molar-refractivity contribution in [3.8, 4) is 12.3 Å². The molecule has 78 valence electrons. The number of methoxy groups -OCH3 is 1. The van der Waals surface area contributed by atoms with Gasteiger partial charge in [0, 0.05) is 12.1 Å². The number of benzene rings is 1. The van der Waals surface area contributed by atoms with Crippen molar-refractivity contribution >= 4 is 5.97 Å². The number of nitrogens with two attached hydrogens (primary N) is 1. The first kappa shape index (κ1) is 11.3. The van der Waals surface area contributed by atoms with Gasteiger partial charge < -0.3 is 10.5 Å². The van der Waals surface area contributed by atoms with Crippen LogP contribution in [0.15, 0.2) is 24.3 Å². The van der Waals surface area contributed by atoms with E-state index in [1.807, 2.05) is 12.1 Å². The average molecular weight is 203 g/mol. The molecular weight excluding hydrogens is 190 g/mol. The summed E-state index contributed by atoms with van der Waals surface area (Å²) in [5.41, 5.74) is 6.96. The fourth-order valence-corrected chi connectivity index (χ4v) is 1.42. The van der Waals surface area contributed by atoms with Crippen molar-refractivity contribution in [1.82, 2.24) is 0 Å². The molecule has 0 aliphatic carbocycles. The summed E-state index contributed by atoms with van der Waals surface area (Å²) in [4.78, 5) is 11.4. The van der Waals surface area contributed by atoms with E-state index < -0.39 is 5.92 Å². The molecule has 0 saturated heterocycles. The third kappa shape index (κ3) is 2.36. The lowest BCUT2D eigenvalue weighted by molar-refractivity contribution is -0.142. The van der Waals surface area contributed by atoms with Gasteiger partial charge in [0.25, 0.3) is 0 Å². The van der Waals surface area contributed by atoms with Gasteiger partial charge in [0.2, 0.25) is 0 Å². The maximum absolute atomic E-state index is 11.4. The highest BCUT2D eigenvalue weighted by atomic mass is 16.5.